The molecule has 1 heterocycles. The summed E-state index contributed by atoms with van der Waals surface area (Å²) in [5.74, 6) is 0. The van der Waals surface area contributed by atoms with Crippen molar-refractivity contribution < 1.29 is 4.79 Å². The molecule has 0 atom stereocenters. The maximum absolute atomic E-state index is 10.5. The molecule has 0 radical (unpaired) electrons. The first-order valence-corrected chi connectivity index (χ1v) is 2.96. The van der Waals surface area contributed by atoms with Gasteiger partial charge in [-0.05, 0) is 6.08 Å². The van der Waals surface area contributed by atoms with Gasteiger partial charge in [-0.2, -0.15) is 0 Å². The van der Waals surface area contributed by atoms with Crippen LogP contribution in [0, 0.1) is 0 Å². The summed E-state index contributed by atoms with van der Waals surface area (Å²) in [5, 5.41) is 1.24. The molecule has 2 amide bonds. The molecule has 4 nitrogen and oxygen atoms in total. The van der Waals surface area contributed by atoms with E-state index >= 15 is 0 Å². The highest BCUT2D eigenvalue weighted by Crippen LogP contribution is 1.89. The van der Waals surface area contributed by atoms with Crippen molar-refractivity contribution in [3.05, 3.63) is 24.4 Å². The molecular formula is C6H9N3O. The lowest BCUT2D eigenvalue weighted by Gasteiger charge is -2.13. The van der Waals surface area contributed by atoms with Crippen LogP contribution in [0.3, 0.4) is 0 Å². The van der Waals surface area contributed by atoms with E-state index in [4.69, 9.17) is 5.73 Å². The van der Waals surface area contributed by atoms with E-state index in [-0.39, 0.29) is 0 Å². The Kier molecular flexibility index (Phi) is 2.07. The smallest absolute Gasteiger partial charge is 0.333 e. The third-order valence-corrected chi connectivity index (χ3v) is 1.10. The fourth-order valence-electron chi connectivity index (χ4n) is 0.638. The lowest BCUT2D eigenvalue weighted by Crippen LogP contribution is -2.41. The molecule has 0 aliphatic carbocycles. The fraction of sp³-hybridized carbons (Fsp3) is 0.167. The number of carbonyl (C=O) groups is 1. The second-order valence-corrected chi connectivity index (χ2v) is 1.84. The van der Waals surface area contributed by atoms with Crippen molar-refractivity contribution in [2.75, 3.05) is 6.54 Å². The molecule has 0 aromatic rings. The number of nitrogens with zero attached hydrogens (tertiary/aromatic N) is 1. The number of carbonyl (C=O) groups excluding carboxylic acids is 1. The molecule has 0 saturated heterocycles. The van der Waals surface area contributed by atoms with Gasteiger partial charge < -0.3 is 5.73 Å². The minimum absolute atomic E-state index is 0.500. The van der Waals surface area contributed by atoms with Crippen LogP contribution in [0.5, 0.6) is 0 Å². The standard InChI is InChI=1S/C6H9N3O/c7-6(10)9-5-3-1-2-4-8-9/h1-3,5,8H,4H2,(H2,7,10). The van der Waals surface area contributed by atoms with Crippen LogP contribution in [-0.4, -0.2) is 17.6 Å². The maximum atomic E-state index is 10.5. The van der Waals surface area contributed by atoms with Gasteiger partial charge in [-0.25, -0.2) is 15.2 Å². The number of primary amides is 1. The maximum Gasteiger partial charge on any atom is 0.333 e. The zero-order valence-corrected chi connectivity index (χ0v) is 5.45. The molecule has 0 aromatic carbocycles. The number of rotatable bonds is 0. The molecule has 0 unspecified atom stereocenters. The largest absolute Gasteiger partial charge is 0.350 e. The minimum atomic E-state index is -0.500. The van der Waals surface area contributed by atoms with Crippen LogP contribution >= 0.6 is 0 Å². The zero-order chi connectivity index (χ0) is 7.40. The van der Waals surface area contributed by atoms with Crippen molar-refractivity contribution in [3.63, 3.8) is 0 Å². The SMILES string of the molecule is NC(=O)N1C=CC=CCN1. The van der Waals surface area contributed by atoms with E-state index in [1.165, 1.54) is 5.01 Å². The average Bonchev–Trinajstić information content (AvgIpc) is 2.12. The fourth-order valence-corrected chi connectivity index (χ4v) is 0.638. The second kappa shape index (κ2) is 3.03. The van der Waals surface area contributed by atoms with E-state index in [1.54, 1.807) is 12.3 Å². The predicted octanol–water partition coefficient (Wildman–Crippen LogP) is -0.0448. The molecule has 1 rings (SSSR count). The topological polar surface area (TPSA) is 58.4 Å². The van der Waals surface area contributed by atoms with Crippen LogP contribution in [0.2, 0.25) is 0 Å². The number of allylic oxidation sites excluding steroid dienone is 2. The van der Waals surface area contributed by atoms with Gasteiger partial charge in [0.1, 0.15) is 0 Å². The van der Waals surface area contributed by atoms with Crippen molar-refractivity contribution in [3.8, 4) is 0 Å². The third kappa shape index (κ3) is 1.60. The predicted molar refractivity (Wildman–Crippen MR) is 37.7 cm³/mol. The Balaban J connectivity index is 2.56. The molecular weight excluding hydrogens is 130 g/mol. The molecule has 0 spiro atoms. The molecule has 0 saturated carbocycles. The first-order chi connectivity index (χ1) is 4.80. The van der Waals surface area contributed by atoms with Crippen LogP contribution in [0.1, 0.15) is 0 Å². The first-order valence-electron chi connectivity index (χ1n) is 2.96. The van der Waals surface area contributed by atoms with Crippen molar-refractivity contribution in [2.45, 2.75) is 0 Å². The van der Waals surface area contributed by atoms with Crippen molar-refractivity contribution in [2.24, 2.45) is 5.73 Å². The normalized spacial score (nSPS) is 17.0. The van der Waals surface area contributed by atoms with E-state index in [9.17, 15) is 4.79 Å². The average molecular weight is 139 g/mol. The minimum Gasteiger partial charge on any atom is -0.350 e. The third-order valence-electron chi connectivity index (χ3n) is 1.10. The molecule has 1 aliphatic rings. The van der Waals surface area contributed by atoms with Crippen molar-refractivity contribution in [1.82, 2.24) is 10.4 Å². The Labute approximate surface area is 59.0 Å². The van der Waals surface area contributed by atoms with Crippen LogP contribution in [0.15, 0.2) is 24.4 Å². The van der Waals surface area contributed by atoms with Crippen molar-refractivity contribution in [1.29, 1.82) is 0 Å². The number of urea groups is 1. The number of hydrazine groups is 1. The molecule has 0 fully saturated rings. The Morgan fingerprint density at radius 2 is 2.40 bits per heavy atom. The van der Waals surface area contributed by atoms with E-state index in [0.717, 1.165) is 0 Å². The highest BCUT2D eigenvalue weighted by Gasteiger charge is 2.03. The summed E-state index contributed by atoms with van der Waals surface area (Å²) in [6.07, 6.45) is 7.05. The van der Waals surface area contributed by atoms with E-state index in [0.29, 0.717) is 6.54 Å². The monoisotopic (exact) mass is 139 g/mol. The summed E-state index contributed by atoms with van der Waals surface area (Å²) in [5.41, 5.74) is 7.75. The van der Waals surface area contributed by atoms with Gasteiger partial charge in [0, 0.05) is 12.7 Å². The van der Waals surface area contributed by atoms with Gasteiger partial charge in [-0.3, -0.25) is 0 Å². The summed E-state index contributed by atoms with van der Waals surface area (Å²) in [7, 11) is 0. The number of amides is 2. The Bertz CT molecular complexity index is 185. The van der Waals surface area contributed by atoms with E-state index < -0.39 is 6.03 Å². The number of nitrogens with one attached hydrogen (secondary N) is 1. The van der Waals surface area contributed by atoms with Crippen molar-refractivity contribution >= 4 is 6.03 Å². The Hall–Kier alpha value is -1.29. The Morgan fingerprint density at radius 3 is 3.10 bits per heavy atom. The lowest BCUT2D eigenvalue weighted by molar-refractivity contribution is 0.210. The highest BCUT2D eigenvalue weighted by molar-refractivity contribution is 5.72. The number of nitrogens with two attached hydrogens (primary N) is 1. The lowest BCUT2D eigenvalue weighted by atomic mass is 10.5. The van der Waals surface area contributed by atoms with Gasteiger partial charge >= 0.3 is 6.03 Å². The van der Waals surface area contributed by atoms with Gasteiger partial charge in [0.05, 0.1) is 0 Å². The van der Waals surface area contributed by atoms with Gasteiger partial charge in [-0.1, -0.05) is 12.2 Å². The highest BCUT2D eigenvalue weighted by atomic mass is 16.2. The molecule has 10 heavy (non-hydrogen) atoms. The molecule has 0 aromatic heterocycles. The molecule has 54 valence electrons. The molecule has 1 aliphatic heterocycles. The molecule has 4 heteroatoms. The summed E-state index contributed by atoms with van der Waals surface area (Å²) in [6.45, 7) is 0.621. The molecule has 3 N–H and O–H groups in total. The summed E-state index contributed by atoms with van der Waals surface area (Å²) < 4.78 is 0. The van der Waals surface area contributed by atoms with Gasteiger partial charge in [0.25, 0.3) is 0 Å². The van der Waals surface area contributed by atoms with Gasteiger partial charge in [0.15, 0.2) is 0 Å². The first kappa shape index (κ1) is 6.82. The quantitative estimate of drug-likeness (QED) is 0.494. The summed E-state index contributed by atoms with van der Waals surface area (Å²) >= 11 is 0. The number of hydrogen-bond donors (Lipinski definition) is 2. The van der Waals surface area contributed by atoms with Gasteiger partial charge in [0.2, 0.25) is 0 Å². The Morgan fingerprint density at radius 1 is 1.60 bits per heavy atom. The second-order valence-electron chi connectivity index (χ2n) is 1.84. The van der Waals surface area contributed by atoms with Crippen LogP contribution < -0.4 is 11.2 Å². The van der Waals surface area contributed by atoms with Crippen LogP contribution in [0.25, 0.3) is 0 Å². The van der Waals surface area contributed by atoms with Crippen LogP contribution in [-0.2, 0) is 0 Å². The van der Waals surface area contributed by atoms with Gasteiger partial charge in [-0.15, -0.1) is 0 Å². The summed E-state index contributed by atoms with van der Waals surface area (Å²) in [6, 6.07) is -0.500. The van der Waals surface area contributed by atoms with Crippen LogP contribution in [0.4, 0.5) is 4.79 Å². The zero-order valence-electron chi connectivity index (χ0n) is 5.45. The number of hydrogen-bond acceptors (Lipinski definition) is 2. The van der Waals surface area contributed by atoms with E-state index in [1.807, 2.05) is 12.2 Å². The molecule has 0 bridgehead atoms. The van der Waals surface area contributed by atoms with E-state index in [2.05, 4.69) is 5.43 Å². The summed E-state index contributed by atoms with van der Waals surface area (Å²) in [4.78, 5) is 10.5.